The normalized spacial score (nSPS) is 13.6. The molecule has 0 unspecified atom stereocenters. The van der Waals surface area contributed by atoms with Gasteiger partial charge in [0.1, 0.15) is 0 Å². The Morgan fingerprint density at radius 1 is 0.400 bits per heavy atom. The fraction of sp³-hybridized carbons (Fsp3) is 0.245. The van der Waals surface area contributed by atoms with Gasteiger partial charge in [-0.15, -0.1) is 22.7 Å². The first-order valence-corrected chi connectivity index (χ1v) is 22.2. The molecule has 9 rings (SSSR count). The molecular weight excluding hydrogens is 701 g/mol. The standard InChI is InChI=1S/C53H50S2/c1-3-5-7-13-31-53(32-14-8-6-4-2)47-35-39(21-19-37-25-29-51-45(33-37)43-15-9-11-17-49(43)54-51)23-27-41(47)42-28-24-40(36-48(42)53)22-20-38-26-30-52-46(34-38)44-16-10-12-18-50(44)55-52/h9-12,15-30,33-36H,3-8,13-14,31-32H2,1-2H3/b21-19+,22-20+. The van der Waals surface area contributed by atoms with Crippen molar-refractivity contribution in [3.05, 3.63) is 155 Å². The number of hydrogen-bond donors (Lipinski definition) is 0. The van der Waals surface area contributed by atoms with E-state index in [0.717, 1.165) is 0 Å². The predicted octanol–water partition coefficient (Wildman–Crippen LogP) is 17.0. The van der Waals surface area contributed by atoms with Crippen molar-refractivity contribution in [2.45, 2.75) is 83.5 Å². The van der Waals surface area contributed by atoms with Crippen molar-refractivity contribution in [1.82, 2.24) is 0 Å². The van der Waals surface area contributed by atoms with Crippen LogP contribution in [-0.2, 0) is 5.41 Å². The van der Waals surface area contributed by atoms with Gasteiger partial charge in [-0.2, -0.15) is 0 Å². The van der Waals surface area contributed by atoms with E-state index >= 15 is 0 Å². The van der Waals surface area contributed by atoms with Crippen molar-refractivity contribution in [2.24, 2.45) is 0 Å². The molecule has 0 nitrogen and oxygen atoms in total. The first-order chi connectivity index (χ1) is 27.1. The van der Waals surface area contributed by atoms with Crippen LogP contribution in [0, 0.1) is 0 Å². The molecule has 274 valence electrons. The zero-order valence-corrected chi connectivity index (χ0v) is 33.9. The fourth-order valence-corrected chi connectivity index (χ4v) is 11.4. The summed E-state index contributed by atoms with van der Waals surface area (Å²) in [5, 5.41) is 5.43. The summed E-state index contributed by atoms with van der Waals surface area (Å²) in [5.41, 5.74) is 11.1. The second kappa shape index (κ2) is 15.8. The lowest BCUT2D eigenvalue weighted by atomic mass is 9.70. The molecule has 0 saturated heterocycles. The minimum Gasteiger partial charge on any atom is -0.135 e. The average molecular weight is 751 g/mol. The van der Waals surface area contributed by atoms with Gasteiger partial charge >= 0.3 is 0 Å². The molecule has 0 N–H and O–H groups in total. The summed E-state index contributed by atoms with van der Waals surface area (Å²) in [7, 11) is 0. The highest BCUT2D eigenvalue weighted by Crippen LogP contribution is 2.55. The van der Waals surface area contributed by atoms with Gasteiger partial charge in [0.15, 0.2) is 0 Å². The van der Waals surface area contributed by atoms with Crippen molar-refractivity contribution in [3.63, 3.8) is 0 Å². The van der Waals surface area contributed by atoms with Crippen molar-refractivity contribution >= 4 is 87.3 Å². The lowest BCUT2D eigenvalue weighted by molar-refractivity contribution is 0.401. The van der Waals surface area contributed by atoms with Gasteiger partial charge in [0.05, 0.1) is 0 Å². The largest absolute Gasteiger partial charge is 0.135 e. The van der Waals surface area contributed by atoms with E-state index < -0.39 is 0 Å². The quantitative estimate of drug-likeness (QED) is 0.0767. The van der Waals surface area contributed by atoms with E-state index in [1.807, 2.05) is 22.7 Å². The van der Waals surface area contributed by atoms with E-state index in [-0.39, 0.29) is 5.41 Å². The van der Waals surface area contributed by atoms with Crippen molar-refractivity contribution in [3.8, 4) is 11.1 Å². The Morgan fingerprint density at radius 2 is 0.800 bits per heavy atom. The Kier molecular flexibility index (Phi) is 10.3. The maximum absolute atomic E-state index is 2.56. The molecule has 55 heavy (non-hydrogen) atoms. The van der Waals surface area contributed by atoms with E-state index in [2.05, 4.69) is 159 Å². The third kappa shape index (κ3) is 7.01. The van der Waals surface area contributed by atoms with E-state index in [4.69, 9.17) is 0 Å². The maximum Gasteiger partial charge on any atom is 0.0355 e. The molecule has 0 aliphatic heterocycles. The Balaban J connectivity index is 1.08. The van der Waals surface area contributed by atoms with E-state index in [1.54, 1.807) is 11.1 Å². The van der Waals surface area contributed by atoms with Crippen LogP contribution >= 0.6 is 22.7 Å². The molecule has 2 aromatic heterocycles. The lowest BCUT2D eigenvalue weighted by Gasteiger charge is -2.33. The van der Waals surface area contributed by atoms with E-state index in [0.29, 0.717) is 0 Å². The highest BCUT2D eigenvalue weighted by molar-refractivity contribution is 7.26. The minimum absolute atomic E-state index is 0.0306. The Labute approximate surface area is 334 Å². The van der Waals surface area contributed by atoms with Crippen LogP contribution in [0.15, 0.2) is 121 Å². The zero-order valence-electron chi connectivity index (χ0n) is 32.2. The lowest BCUT2D eigenvalue weighted by Crippen LogP contribution is -2.25. The Bertz CT molecular complexity index is 2510. The van der Waals surface area contributed by atoms with Crippen LogP contribution in [0.2, 0.25) is 0 Å². The summed E-state index contributed by atoms with van der Waals surface area (Å²) < 4.78 is 5.43. The molecule has 0 atom stereocenters. The molecule has 0 bridgehead atoms. The molecule has 6 aromatic carbocycles. The Morgan fingerprint density at radius 3 is 1.25 bits per heavy atom. The van der Waals surface area contributed by atoms with Crippen LogP contribution in [0.4, 0.5) is 0 Å². The summed E-state index contributed by atoms with van der Waals surface area (Å²) >= 11 is 3.77. The number of thiophene rings is 2. The van der Waals surface area contributed by atoms with Gasteiger partial charge in [0.25, 0.3) is 0 Å². The molecule has 0 radical (unpaired) electrons. The summed E-state index contributed by atoms with van der Waals surface area (Å²) in [4.78, 5) is 0. The molecule has 0 amide bonds. The summed E-state index contributed by atoms with van der Waals surface area (Å²) in [6.07, 6.45) is 22.0. The number of fused-ring (bicyclic) bond motifs is 9. The highest BCUT2D eigenvalue weighted by atomic mass is 32.1. The zero-order chi connectivity index (χ0) is 37.2. The minimum atomic E-state index is 0.0306. The van der Waals surface area contributed by atoms with Gasteiger partial charge < -0.3 is 0 Å². The van der Waals surface area contributed by atoms with Crippen molar-refractivity contribution < 1.29 is 0 Å². The van der Waals surface area contributed by atoms with Gasteiger partial charge in [-0.3, -0.25) is 0 Å². The molecule has 2 heteroatoms. The molecule has 1 aliphatic rings. The summed E-state index contributed by atoms with van der Waals surface area (Å²) in [6, 6.07) is 46.1. The van der Waals surface area contributed by atoms with Gasteiger partial charge in [0, 0.05) is 45.8 Å². The third-order valence-electron chi connectivity index (χ3n) is 12.1. The molecule has 0 spiro atoms. The van der Waals surface area contributed by atoms with Crippen molar-refractivity contribution in [1.29, 1.82) is 0 Å². The smallest absolute Gasteiger partial charge is 0.0355 e. The molecule has 0 fully saturated rings. The van der Waals surface area contributed by atoms with E-state index in [9.17, 15) is 0 Å². The molecule has 1 aliphatic carbocycles. The number of hydrogen-bond acceptors (Lipinski definition) is 2. The second-order valence-corrected chi connectivity index (χ2v) is 17.9. The average Bonchev–Trinajstić information content (AvgIpc) is 3.87. The van der Waals surface area contributed by atoms with Crippen LogP contribution in [-0.4, -0.2) is 0 Å². The fourth-order valence-electron chi connectivity index (χ4n) is 9.19. The van der Waals surface area contributed by atoms with Crippen LogP contribution in [0.3, 0.4) is 0 Å². The van der Waals surface area contributed by atoms with Crippen LogP contribution < -0.4 is 0 Å². The third-order valence-corrected chi connectivity index (χ3v) is 14.4. The van der Waals surface area contributed by atoms with Crippen molar-refractivity contribution in [2.75, 3.05) is 0 Å². The first-order valence-electron chi connectivity index (χ1n) is 20.6. The molecule has 0 saturated carbocycles. The Hall–Kier alpha value is -4.76. The topological polar surface area (TPSA) is 0 Å². The summed E-state index contributed by atoms with van der Waals surface area (Å²) in [5.74, 6) is 0. The number of rotatable bonds is 14. The van der Waals surface area contributed by atoms with Gasteiger partial charge in [0.2, 0.25) is 0 Å². The van der Waals surface area contributed by atoms with E-state index in [1.165, 1.54) is 138 Å². The molecule has 2 heterocycles. The predicted molar refractivity (Wildman–Crippen MR) is 247 cm³/mol. The second-order valence-electron chi connectivity index (χ2n) is 15.7. The van der Waals surface area contributed by atoms with Crippen LogP contribution in [0.5, 0.6) is 0 Å². The maximum atomic E-state index is 2.56. The first kappa shape index (κ1) is 35.9. The monoisotopic (exact) mass is 750 g/mol. The SMILES string of the molecule is CCCCCCC1(CCCCCC)c2cc(/C=C/c3ccc4sc5ccccc5c4c3)ccc2-c2ccc(/C=C/c3ccc4sc5ccccc5c4c3)cc21. The van der Waals surface area contributed by atoms with Crippen LogP contribution in [0.25, 0.3) is 75.8 Å². The highest BCUT2D eigenvalue weighted by Gasteiger charge is 2.42. The number of benzene rings is 6. The molecule has 8 aromatic rings. The van der Waals surface area contributed by atoms with Gasteiger partial charge in [-0.25, -0.2) is 0 Å². The number of unbranched alkanes of at least 4 members (excludes halogenated alkanes) is 6. The van der Waals surface area contributed by atoms with Gasteiger partial charge in [-0.1, -0.05) is 174 Å². The molecular formula is C53H50S2. The van der Waals surface area contributed by atoms with Crippen LogP contribution in [0.1, 0.15) is 111 Å². The summed E-state index contributed by atoms with van der Waals surface area (Å²) in [6.45, 7) is 4.66. The van der Waals surface area contributed by atoms with Gasteiger partial charge in [-0.05, 0) is 93.7 Å².